The first-order chi connectivity index (χ1) is 17.9. The van der Waals surface area contributed by atoms with Gasteiger partial charge in [-0.3, -0.25) is 9.59 Å². The Morgan fingerprint density at radius 1 is 1.05 bits per heavy atom. The Balaban J connectivity index is 1.57. The zero-order valence-corrected chi connectivity index (χ0v) is 20.8. The van der Waals surface area contributed by atoms with E-state index in [2.05, 4.69) is 13.8 Å². The number of aliphatic hydroxyl groups is 1. The van der Waals surface area contributed by atoms with Crippen molar-refractivity contribution in [3.8, 4) is 17.2 Å². The van der Waals surface area contributed by atoms with Crippen molar-refractivity contribution in [2.75, 3.05) is 19.8 Å². The number of likely N-dealkylation sites (tertiary alicyclic amines) is 1. The number of Topliss-reactive ketones (excluding diaryl/α,β-unsaturated/α-hetero) is 1. The molecule has 0 saturated carbocycles. The highest BCUT2D eigenvalue weighted by molar-refractivity contribution is 6.46. The third-order valence-electron chi connectivity index (χ3n) is 6.40. The molecule has 1 atom stereocenters. The Hall–Kier alpha value is -4.20. The topological polar surface area (TPSA) is 98.4 Å². The monoisotopic (exact) mass is 503 g/mol. The molecule has 2 aliphatic rings. The standard InChI is InChI=1S/C29H29NO7/c1-18(2)10-12-35-21-6-3-5-19(15-21)26-25(28(32)29(33)30(26)17-22-7-4-11-34-22)27(31)20-8-9-23-24(16-20)37-14-13-36-23/h3-9,11,15-16,18,26,31H,10,12-14,17H2,1-2H3/b27-25+/t26-/m0/s1. The molecule has 3 heterocycles. The summed E-state index contributed by atoms with van der Waals surface area (Å²) in [7, 11) is 0. The minimum Gasteiger partial charge on any atom is -0.507 e. The molecule has 2 aliphatic heterocycles. The predicted molar refractivity (Wildman–Crippen MR) is 135 cm³/mol. The van der Waals surface area contributed by atoms with Crippen LogP contribution in [0.5, 0.6) is 17.2 Å². The molecule has 1 N–H and O–H groups in total. The second-order valence-electron chi connectivity index (χ2n) is 9.47. The molecule has 1 saturated heterocycles. The van der Waals surface area contributed by atoms with Gasteiger partial charge in [-0.25, -0.2) is 0 Å². The Kier molecular flexibility index (Phi) is 6.90. The third kappa shape index (κ3) is 5.05. The molecule has 8 heteroatoms. The number of carbonyl (C=O) groups is 2. The average molecular weight is 504 g/mol. The number of benzene rings is 2. The van der Waals surface area contributed by atoms with Crippen molar-refractivity contribution in [1.82, 2.24) is 4.90 Å². The molecule has 8 nitrogen and oxygen atoms in total. The van der Waals surface area contributed by atoms with Gasteiger partial charge in [-0.2, -0.15) is 0 Å². The van der Waals surface area contributed by atoms with Crippen molar-refractivity contribution in [1.29, 1.82) is 0 Å². The van der Waals surface area contributed by atoms with Crippen LogP contribution in [0.3, 0.4) is 0 Å². The van der Waals surface area contributed by atoms with E-state index >= 15 is 0 Å². The zero-order chi connectivity index (χ0) is 25.9. The summed E-state index contributed by atoms with van der Waals surface area (Å²) in [6, 6.07) is 14.8. The summed E-state index contributed by atoms with van der Waals surface area (Å²) >= 11 is 0. The lowest BCUT2D eigenvalue weighted by Crippen LogP contribution is -2.29. The maximum Gasteiger partial charge on any atom is 0.296 e. The Bertz CT molecular complexity index is 1330. The number of aliphatic hydroxyl groups excluding tert-OH is 1. The molecule has 37 heavy (non-hydrogen) atoms. The summed E-state index contributed by atoms with van der Waals surface area (Å²) in [4.78, 5) is 28.0. The lowest BCUT2D eigenvalue weighted by Gasteiger charge is -2.25. The zero-order valence-electron chi connectivity index (χ0n) is 20.8. The number of nitrogens with zero attached hydrogens (tertiary/aromatic N) is 1. The van der Waals surface area contributed by atoms with Crippen LogP contribution in [0.2, 0.25) is 0 Å². The van der Waals surface area contributed by atoms with Crippen LogP contribution in [0.4, 0.5) is 0 Å². The van der Waals surface area contributed by atoms with Gasteiger partial charge in [-0.05, 0) is 60.4 Å². The molecule has 3 aromatic rings. The van der Waals surface area contributed by atoms with Gasteiger partial charge in [0.1, 0.15) is 30.5 Å². The highest BCUT2D eigenvalue weighted by atomic mass is 16.6. The number of ketones is 1. The van der Waals surface area contributed by atoms with E-state index in [1.54, 1.807) is 30.3 Å². The van der Waals surface area contributed by atoms with Crippen molar-refractivity contribution in [2.45, 2.75) is 32.9 Å². The number of ether oxygens (including phenoxy) is 3. The summed E-state index contributed by atoms with van der Waals surface area (Å²) in [5.41, 5.74) is 0.994. The highest BCUT2D eigenvalue weighted by Crippen LogP contribution is 2.42. The quantitative estimate of drug-likeness (QED) is 0.259. The van der Waals surface area contributed by atoms with Crippen LogP contribution >= 0.6 is 0 Å². The molecule has 1 fully saturated rings. The predicted octanol–water partition coefficient (Wildman–Crippen LogP) is 5.10. The molecule has 0 aliphatic carbocycles. The number of furan rings is 1. The van der Waals surface area contributed by atoms with Crippen molar-refractivity contribution in [3.05, 3.63) is 83.3 Å². The van der Waals surface area contributed by atoms with E-state index in [4.69, 9.17) is 18.6 Å². The number of hydrogen-bond acceptors (Lipinski definition) is 7. The first-order valence-corrected chi connectivity index (χ1v) is 12.4. The van der Waals surface area contributed by atoms with Gasteiger partial charge in [0, 0.05) is 5.56 Å². The van der Waals surface area contributed by atoms with Gasteiger partial charge < -0.3 is 28.6 Å². The van der Waals surface area contributed by atoms with Crippen LogP contribution in [0.15, 0.2) is 70.9 Å². The Morgan fingerprint density at radius 3 is 2.62 bits per heavy atom. The first kappa shape index (κ1) is 24.5. The van der Waals surface area contributed by atoms with Crippen molar-refractivity contribution in [3.63, 3.8) is 0 Å². The molecular weight excluding hydrogens is 474 g/mol. The minimum atomic E-state index is -0.841. The smallest absolute Gasteiger partial charge is 0.296 e. The summed E-state index contributed by atoms with van der Waals surface area (Å²) in [6.45, 7) is 5.68. The van der Waals surface area contributed by atoms with E-state index in [1.165, 1.54) is 11.2 Å². The molecule has 192 valence electrons. The van der Waals surface area contributed by atoms with Crippen LogP contribution in [-0.4, -0.2) is 41.5 Å². The number of rotatable bonds is 8. The molecule has 1 amide bonds. The first-order valence-electron chi connectivity index (χ1n) is 12.4. The maximum absolute atomic E-state index is 13.3. The van der Waals surface area contributed by atoms with Crippen molar-refractivity contribution >= 4 is 17.4 Å². The van der Waals surface area contributed by atoms with Crippen LogP contribution in [-0.2, 0) is 16.1 Å². The van der Waals surface area contributed by atoms with Gasteiger partial charge >= 0.3 is 0 Å². The number of carbonyl (C=O) groups excluding carboxylic acids is 2. The van der Waals surface area contributed by atoms with E-state index in [0.717, 1.165) is 6.42 Å². The molecular formula is C29H29NO7. The van der Waals surface area contributed by atoms with Crippen LogP contribution < -0.4 is 14.2 Å². The number of amides is 1. The number of hydrogen-bond donors (Lipinski definition) is 1. The number of fused-ring (bicyclic) bond motifs is 1. The molecule has 2 aromatic carbocycles. The fourth-order valence-electron chi connectivity index (χ4n) is 4.49. The van der Waals surface area contributed by atoms with Crippen LogP contribution in [0.25, 0.3) is 5.76 Å². The van der Waals surface area contributed by atoms with Gasteiger partial charge in [0.05, 0.1) is 31.0 Å². The van der Waals surface area contributed by atoms with E-state index in [0.29, 0.717) is 59.9 Å². The van der Waals surface area contributed by atoms with Crippen LogP contribution in [0.1, 0.15) is 43.2 Å². The van der Waals surface area contributed by atoms with Gasteiger partial charge in [-0.1, -0.05) is 26.0 Å². The summed E-state index contributed by atoms with van der Waals surface area (Å²) in [5, 5.41) is 11.4. The lowest BCUT2D eigenvalue weighted by molar-refractivity contribution is -0.140. The van der Waals surface area contributed by atoms with E-state index in [1.807, 2.05) is 24.3 Å². The summed E-state index contributed by atoms with van der Waals surface area (Å²) in [5.74, 6) is 0.905. The Labute approximate surface area is 215 Å². The van der Waals surface area contributed by atoms with Gasteiger partial charge in [0.15, 0.2) is 11.5 Å². The summed E-state index contributed by atoms with van der Waals surface area (Å²) < 4.78 is 22.6. The largest absolute Gasteiger partial charge is 0.507 e. The molecule has 0 spiro atoms. The molecule has 5 rings (SSSR count). The van der Waals surface area contributed by atoms with Gasteiger partial charge in [-0.15, -0.1) is 0 Å². The van der Waals surface area contributed by atoms with Gasteiger partial charge in [0.2, 0.25) is 0 Å². The molecule has 1 aromatic heterocycles. The van der Waals surface area contributed by atoms with Crippen molar-refractivity contribution in [2.24, 2.45) is 5.92 Å². The lowest BCUT2D eigenvalue weighted by atomic mass is 9.95. The minimum absolute atomic E-state index is 0.00688. The molecule has 0 bridgehead atoms. The fourth-order valence-corrected chi connectivity index (χ4v) is 4.49. The van der Waals surface area contributed by atoms with Crippen molar-refractivity contribution < 1.29 is 33.3 Å². The second kappa shape index (κ2) is 10.4. The molecule has 0 radical (unpaired) electrons. The average Bonchev–Trinajstić information content (AvgIpc) is 3.50. The van der Waals surface area contributed by atoms with Crippen LogP contribution in [0, 0.1) is 5.92 Å². The third-order valence-corrected chi connectivity index (χ3v) is 6.40. The normalized spacial score (nSPS) is 18.5. The van der Waals surface area contributed by atoms with Gasteiger partial charge in [0.25, 0.3) is 11.7 Å². The highest BCUT2D eigenvalue weighted by Gasteiger charge is 2.46. The molecule has 0 unspecified atom stereocenters. The van der Waals surface area contributed by atoms with E-state index in [-0.39, 0.29) is 17.9 Å². The SMILES string of the molecule is CC(C)CCOc1cccc([C@H]2/C(=C(\O)c3ccc4c(c3)OCCO4)C(=O)C(=O)N2Cc2ccco2)c1. The maximum atomic E-state index is 13.3. The second-order valence-corrected chi connectivity index (χ2v) is 9.47. The van der Waals surface area contributed by atoms with E-state index < -0.39 is 17.7 Å². The summed E-state index contributed by atoms with van der Waals surface area (Å²) in [6.07, 6.45) is 2.41. The fraction of sp³-hybridized carbons (Fsp3) is 0.310. The Morgan fingerprint density at radius 2 is 1.86 bits per heavy atom. The van der Waals surface area contributed by atoms with E-state index in [9.17, 15) is 14.7 Å².